The van der Waals surface area contributed by atoms with Crippen LogP contribution in [0.25, 0.3) is 0 Å². The van der Waals surface area contributed by atoms with Crippen LogP contribution in [0.1, 0.15) is 37.0 Å². The highest BCUT2D eigenvalue weighted by atomic mass is 127. The van der Waals surface area contributed by atoms with Crippen molar-refractivity contribution < 1.29 is 4.79 Å². The molecule has 5 heteroatoms. The van der Waals surface area contributed by atoms with E-state index in [9.17, 15) is 4.79 Å². The van der Waals surface area contributed by atoms with Crippen LogP contribution in [0.15, 0.2) is 22.7 Å². The van der Waals surface area contributed by atoms with Crippen LogP contribution in [-0.2, 0) is 0 Å². The van der Waals surface area contributed by atoms with Crippen molar-refractivity contribution >= 4 is 44.4 Å². The van der Waals surface area contributed by atoms with Gasteiger partial charge in [-0.3, -0.25) is 4.79 Å². The Hall–Kier alpha value is -0.140. The molecule has 1 aromatic carbocycles. The summed E-state index contributed by atoms with van der Waals surface area (Å²) in [7, 11) is 2.13. The molecule has 0 unspecified atom stereocenters. The zero-order valence-electron chi connectivity index (χ0n) is 12.2. The molecule has 0 aliphatic carbocycles. The molecule has 20 heavy (non-hydrogen) atoms. The summed E-state index contributed by atoms with van der Waals surface area (Å²) in [5, 5.41) is 2.99. The van der Waals surface area contributed by atoms with E-state index in [0.717, 1.165) is 39.5 Å². The molecule has 1 rings (SSSR count). The molecule has 1 aromatic rings. The van der Waals surface area contributed by atoms with Crippen LogP contribution < -0.4 is 5.32 Å². The van der Waals surface area contributed by atoms with E-state index < -0.39 is 0 Å². The van der Waals surface area contributed by atoms with Crippen molar-refractivity contribution in [2.24, 2.45) is 0 Å². The second-order valence-electron chi connectivity index (χ2n) is 5.16. The number of hydrogen-bond donors (Lipinski definition) is 1. The van der Waals surface area contributed by atoms with E-state index in [2.05, 4.69) is 69.6 Å². The number of benzene rings is 1. The number of carbonyl (C=O) groups is 1. The Kier molecular flexibility index (Phi) is 8.06. The zero-order valence-corrected chi connectivity index (χ0v) is 16.0. The number of carbonyl (C=O) groups excluding carboxylic acids is 1. The minimum atomic E-state index is 0.00733. The van der Waals surface area contributed by atoms with E-state index in [4.69, 9.17) is 0 Å². The van der Waals surface area contributed by atoms with E-state index in [0.29, 0.717) is 6.04 Å². The zero-order chi connectivity index (χ0) is 15.1. The van der Waals surface area contributed by atoms with Crippen molar-refractivity contribution in [2.75, 3.05) is 20.1 Å². The standard InChI is InChI=1S/C15H22BrIN2O/c1-11(2)19(3)9-5-4-8-18-15(20)13-10-12(16)6-7-14(13)17/h6-7,10-11H,4-5,8-9H2,1-3H3,(H,18,20). The van der Waals surface area contributed by atoms with Crippen LogP contribution in [0.4, 0.5) is 0 Å². The van der Waals surface area contributed by atoms with E-state index in [1.807, 2.05) is 18.2 Å². The van der Waals surface area contributed by atoms with Crippen molar-refractivity contribution in [1.82, 2.24) is 10.2 Å². The molecule has 0 atom stereocenters. The van der Waals surface area contributed by atoms with Gasteiger partial charge >= 0.3 is 0 Å². The third-order valence-corrected chi connectivity index (χ3v) is 4.71. The largest absolute Gasteiger partial charge is 0.352 e. The van der Waals surface area contributed by atoms with Gasteiger partial charge in [-0.2, -0.15) is 0 Å². The lowest BCUT2D eigenvalue weighted by molar-refractivity contribution is 0.0951. The number of halogens is 2. The predicted octanol–water partition coefficient (Wildman–Crippen LogP) is 3.90. The Bertz CT molecular complexity index is 451. The molecule has 0 aliphatic heterocycles. The number of amides is 1. The summed E-state index contributed by atoms with van der Waals surface area (Å²) in [4.78, 5) is 14.4. The Morgan fingerprint density at radius 3 is 2.75 bits per heavy atom. The Morgan fingerprint density at radius 1 is 1.40 bits per heavy atom. The van der Waals surface area contributed by atoms with Gasteiger partial charge < -0.3 is 10.2 Å². The van der Waals surface area contributed by atoms with Gasteiger partial charge in [0.25, 0.3) is 5.91 Å². The number of nitrogens with zero attached hydrogens (tertiary/aromatic N) is 1. The van der Waals surface area contributed by atoms with Gasteiger partial charge in [0.2, 0.25) is 0 Å². The Morgan fingerprint density at radius 2 is 2.10 bits per heavy atom. The first kappa shape index (κ1) is 17.9. The van der Waals surface area contributed by atoms with Crippen LogP contribution >= 0.6 is 38.5 Å². The summed E-state index contributed by atoms with van der Waals surface area (Å²) in [6, 6.07) is 6.33. The quantitative estimate of drug-likeness (QED) is 0.502. The number of unbranched alkanes of at least 4 members (excludes halogenated alkanes) is 1. The SMILES string of the molecule is CC(C)N(C)CCCCNC(=O)c1cc(Br)ccc1I. The molecular weight excluding hydrogens is 431 g/mol. The summed E-state index contributed by atoms with van der Waals surface area (Å²) >= 11 is 5.59. The van der Waals surface area contributed by atoms with Crippen LogP contribution in [-0.4, -0.2) is 37.0 Å². The maximum Gasteiger partial charge on any atom is 0.252 e. The first-order chi connectivity index (χ1) is 9.41. The third kappa shape index (κ3) is 6.10. The number of rotatable bonds is 7. The molecule has 0 heterocycles. The van der Waals surface area contributed by atoms with Crippen molar-refractivity contribution in [3.8, 4) is 0 Å². The molecule has 0 bridgehead atoms. The highest BCUT2D eigenvalue weighted by molar-refractivity contribution is 14.1. The Balaban J connectivity index is 2.32. The fourth-order valence-corrected chi connectivity index (χ4v) is 2.65. The lowest BCUT2D eigenvalue weighted by Crippen LogP contribution is -2.29. The van der Waals surface area contributed by atoms with E-state index in [1.54, 1.807) is 0 Å². The first-order valence-corrected chi connectivity index (χ1v) is 8.72. The van der Waals surface area contributed by atoms with Crippen LogP contribution in [0.3, 0.4) is 0 Å². The van der Waals surface area contributed by atoms with Crippen LogP contribution in [0.5, 0.6) is 0 Å². The molecule has 0 radical (unpaired) electrons. The highest BCUT2D eigenvalue weighted by Crippen LogP contribution is 2.18. The van der Waals surface area contributed by atoms with Gasteiger partial charge in [-0.25, -0.2) is 0 Å². The molecule has 0 aromatic heterocycles. The second-order valence-corrected chi connectivity index (χ2v) is 7.24. The second kappa shape index (κ2) is 9.00. The number of nitrogens with one attached hydrogen (secondary N) is 1. The molecule has 0 fully saturated rings. The normalized spacial score (nSPS) is 11.2. The summed E-state index contributed by atoms with van der Waals surface area (Å²) in [6.07, 6.45) is 2.11. The van der Waals surface area contributed by atoms with Gasteiger partial charge in [0.15, 0.2) is 0 Å². The average molecular weight is 453 g/mol. The fraction of sp³-hybridized carbons (Fsp3) is 0.533. The minimum absolute atomic E-state index is 0.00733. The van der Waals surface area contributed by atoms with Crippen molar-refractivity contribution in [2.45, 2.75) is 32.7 Å². The average Bonchev–Trinajstić information content (AvgIpc) is 2.40. The van der Waals surface area contributed by atoms with Gasteiger partial charge in [0, 0.05) is 20.6 Å². The molecular formula is C15H22BrIN2O. The van der Waals surface area contributed by atoms with Crippen LogP contribution in [0, 0.1) is 3.57 Å². The molecule has 0 saturated carbocycles. The highest BCUT2D eigenvalue weighted by Gasteiger charge is 2.09. The summed E-state index contributed by atoms with van der Waals surface area (Å²) in [5.74, 6) is 0.00733. The fourth-order valence-electron chi connectivity index (χ4n) is 1.71. The summed E-state index contributed by atoms with van der Waals surface area (Å²) < 4.78 is 1.91. The van der Waals surface area contributed by atoms with E-state index in [1.165, 1.54) is 0 Å². The van der Waals surface area contributed by atoms with Gasteiger partial charge in [0.1, 0.15) is 0 Å². The molecule has 3 nitrogen and oxygen atoms in total. The monoisotopic (exact) mass is 452 g/mol. The van der Waals surface area contributed by atoms with Crippen molar-refractivity contribution in [1.29, 1.82) is 0 Å². The maximum atomic E-state index is 12.1. The summed E-state index contributed by atoms with van der Waals surface area (Å²) in [6.45, 7) is 6.18. The summed E-state index contributed by atoms with van der Waals surface area (Å²) in [5.41, 5.74) is 0.735. The lowest BCUT2D eigenvalue weighted by Gasteiger charge is -2.20. The van der Waals surface area contributed by atoms with Gasteiger partial charge in [0.05, 0.1) is 5.56 Å². The molecule has 1 amide bonds. The van der Waals surface area contributed by atoms with E-state index >= 15 is 0 Å². The van der Waals surface area contributed by atoms with Crippen molar-refractivity contribution in [3.05, 3.63) is 31.8 Å². The third-order valence-electron chi connectivity index (χ3n) is 3.28. The van der Waals surface area contributed by atoms with Gasteiger partial charge in [-0.05, 0) is 81.1 Å². The molecule has 112 valence electrons. The smallest absolute Gasteiger partial charge is 0.252 e. The predicted molar refractivity (Wildman–Crippen MR) is 96.2 cm³/mol. The first-order valence-electron chi connectivity index (χ1n) is 6.85. The molecule has 1 N–H and O–H groups in total. The molecule has 0 saturated heterocycles. The van der Waals surface area contributed by atoms with Crippen molar-refractivity contribution in [3.63, 3.8) is 0 Å². The van der Waals surface area contributed by atoms with Gasteiger partial charge in [-0.15, -0.1) is 0 Å². The molecule has 0 spiro atoms. The Labute approximate surface area is 143 Å². The topological polar surface area (TPSA) is 32.3 Å². The maximum absolute atomic E-state index is 12.1. The minimum Gasteiger partial charge on any atom is -0.352 e. The number of hydrogen-bond acceptors (Lipinski definition) is 2. The van der Waals surface area contributed by atoms with Crippen LogP contribution in [0.2, 0.25) is 0 Å². The lowest BCUT2D eigenvalue weighted by atomic mass is 10.2. The van der Waals surface area contributed by atoms with E-state index in [-0.39, 0.29) is 5.91 Å². The van der Waals surface area contributed by atoms with Gasteiger partial charge in [-0.1, -0.05) is 15.9 Å². The molecule has 0 aliphatic rings.